The molecular weight excluding hydrogens is 238 g/mol. The molecule has 0 radical (unpaired) electrons. The van der Waals surface area contributed by atoms with Gasteiger partial charge in [-0.3, -0.25) is 0 Å². The van der Waals surface area contributed by atoms with Crippen LogP contribution < -0.4 is 5.32 Å². The average Bonchev–Trinajstić information content (AvgIpc) is 2.98. The average molecular weight is 259 g/mol. The molecule has 1 aromatic heterocycles. The molecule has 2 unspecified atom stereocenters. The predicted molar refractivity (Wildman–Crippen MR) is 76.1 cm³/mol. The number of aromatic nitrogens is 2. The second kappa shape index (κ2) is 6.50. The van der Waals surface area contributed by atoms with Gasteiger partial charge in [0.25, 0.3) is 0 Å². The van der Waals surface area contributed by atoms with E-state index < -0.39 is 0 Å². The number of rotatable bonds is 6. The molecule has 0 aliphatic heterocycles. The van der Waals surface area contributed by atoms with Gasteiger partial charge in [0.1, 0.15) is 0 Å². The zero-order valence-corrected chi connectivity index (χ0v) is 11.5. The first kappa shape index (κ1) is 13.8. The van der Waals surface area contributed by atoms with Gasteiger partial charge < -0.3 is 15.0 Å². The minimum atomic E-state index is 0.216. The van der Waals surface area contributed by atoms with Crippen LogP contribution in [-0.4, -0.2) is 27.3 Å². The highest BCUT2D eigenvalue weighted by molar-refractivity contribution is 5.34. The van der Waals surface area contributed by atoms with Crippen molar-refractivity contribution in [1.82, 2.24) is 14.9 Å². The van der Waals surface area contributed by atoms with Crippen molar-refractivity contribution in [2.24, 2.45) is 5.92 Å². The van der Waals surface area contributed by atoms with E-state index in [4.69, 9.17) is 5.11 Å². The number of benzene rings is 1. The molecular formula is C15H21N3O. The van der Waals surface area contributed by atoms with E-state index in [9.17, 15) is 0 Å². The lowest BCUT2D eigenvalue weighted by molar-refractivity contribution is 0.207. The van der Waals surface area contributed by atoms with E-state index in [0.717, 1.165) is 12.2 Å². The molecule has 0 aliphatic rings. The summed E-state index contributed by atoms with van der Waals surface area (Å²) in [6, 6.07) is 8.69. The van der Waals surface area contributed by atoms with Crippen LogP contribution in [0.15, 0.2) is 43.0 Å². The second-order valence-corrected chi connectivity index (χ2v) is 4.97. The van der Waals surface area contributed by atoms with Gasteiger partial charge in [-0.05, 0) is 30.5 Å². The summed E-state index contributed by atoms with van der Waals surface area (Å²) in [5.41, 5.74) is 2.35. The summed E-state index contributed by atoms with van der Waals surface area (Å²) in [4.78, 5) is 4.04. The Morgan fingerprint density at radius 3 is 2.58 bits per heavy atom. The molecule has 2 N–H and O–H groups in total. The van der Waals surface area contributed by atoms with Crippen molar-refractivity contribution in [3.8, 4) is 5.69 Å². The first-order valence-electron chi connectivity index (χ1n) is 6.62. The van der Waals surface area contributed by atoms with Gasteiger partial charge in [-0.15, -0.1) is 0 Å². The molecule has 102 valence electrons. The third kappa shape index (κ3) is 3.66. The summed E-state index contributed by atoms with van der Waals surface area (Å²) < 4.78 is 1.98. The Hall–Kier alpha value is -1.65. The quantitative estimate of drug-likeness (QED) is 0.834. The van der Waals surface area contributed by atoms with E-state index in [1.807, 2.05) is 17.7 Å². The third-order valence-electron chi connectivity index (χ3n) is 3.51. The Morgan fingerprint density at radius 2 is 2.00 bits per heavy atom. The van der Waals surface area contributed by atoms with E-state index in [2.05, 4.69) is 41.5 Å². The monoisotopic (exact) mass is 259 g/mol. The van der Waals surface area contributed by atoms with Gasteiger partial charge in [0.05, 0.1) is 6.33 Å². The van der Waals surface area contributed by atoms with Gasteiger partial charge >= 0.3 is 0 Å². The lowest BCUT2D eigenvalue weighted by Gasteiger charge is -2.19. The SMILES string of the molecule is CC(CO)C(C)NCc1ccc(-n2ccnc2)cc1. The lowest BCUT2D eigenvalue weighted by atomic mass is 10.0. The summed E-state index contributed by atoms with van der Waals surface area (Å²) in [7, 11) is 0. The molecule has 0 saturated heterocycles. The van der Waals surface area contributed by atoms with Gasteiger partial charge in [0.15, 0.2) is 0 Å². The van der Waals surface area contributed by atoms with Crippen molar-refractivity contribution < 1.29 is 5.11 Å². The van der Waals surface area contributed by atoms with Gasteiger partial charge in [-0.1, -0.05) is 19.1 Å². The molecule has 1 aromatic carbocycles. The summed E-state index contributed by atoms with van der Waals surface area (Å²) in [5.74, 6) is 0.269. The van der Waals surface area contributed by atoms with E-state index >= 15 is 0 Å². The van der Waals surface area contributed by atoms with Gasteiger partial charge in [-0.2, -0.15) is 0 Å². The van der Waals surface area contributed by atoms with Crippen LogP contribution in [0.2, 0.25) is 0 Å². The largest absolute Gasteiger partial charge is 0.396 e. The van der Waals surface area contributed by atoms with Crippen LogP contribution >= 0.6 is 0 Å². The van der Waals surface area contributed by atoms with Crippen molar-refractivity contribution in [1.29, 1.82) is 0 Å². The van der Waals surface area contributed by atoms with Crippen LogP contribution in [-0.2, 0) is 6.54 Å². The van der Waals surface area contributed by atoms with Crippen molar-refractivity contribution in [3.63, 3.8) is 0 Å². The molecule has 1 heterocycles. The molecule has 4 nitrogen and oxygen atoms in total. The summed E-state index contributed by atoms with van der Waals surface area (Å²) in [6.45, 7) is 5.17. The number of aliphatic hydroxyl groups is 1. The van der Waals surface area contributed by atoms with Crippen LogP contribution in [0.5, 0.6) is 0 Å². The predicted octanol–water partition coefficient (Wildman–Crippen LogP) is 1.98. The highest BCUT2D eigenvalue weighted by Crippen LogP contribution is 2.10. The molecule has 0 spiro atoms. The maximum Gasteiger partial charge on any atom is 0.0991 e. The number of aliphatic hydroxyl groups excluding tert-OH is 1. The second-order valence-electron chi connectivity index (χ2n) is 4.97. The summed E-state index contributed by atoms with van der Waals surface area (Å²) in [5, 5.41) is 12.5. The normalized spacial score (nSPS) is 14.3. The lowest BCUT2D eigenvalue weighted by Crippen LogP contribution is -2.33. The number of hydrogen-bond donors (Lipinski definition) is 2. The minimum absolute atomic E-state index is 0.216. The van der Waals surface area contributed by atoms with Crippen molar-refractivity contribution in [2.45, 2.75) is 26.4 Å². The maximum absolute atomic E-state index is 9.10. The highest BCUT2D eigenvalue weighted by atomic mass is 16.3. The van der Waals surface area contributed by atoms with E-state index in [1.165, 1.54) is 5.56 Å². The summed E-state index contributed by atoms with van der Waals surface area (Å²) >= 11 is 0. The van der Waals surface area contributed by atoms with Crippen LogP contribution in [0, 0.1) is 5.92 Å². The van der Waals surface area contributed by atoms with Crippen molar-refractivity contribution >= 4 is 0 Å². The zero-order valence-electron chi connectivity index (χ0n) is 11.5. The van der Waals surface area contributed by atoms with Crippen LogP contribution in [0.3, 0.4) is 0 Å². The number of imidazole rings is 1. The number of hydrogen-bond acceptors (Lipinski definition) is 3. The molecule has 0 aliphatic carbocycles. The maximum atomic E-state index is 9.10. The third-order valence-corrected chi connectivity index (χ3v) is 3.51. The molecule has 0 bridgehead atoms. The standard InChI is InChI=1S/C15H21N3O/c1-12(10-19)13(2)17-9-14-3-5-15(6-4-14)18-8-7-16-11-18/h3-8,11-13,17,19H,9-10H2,1-2H3. The molecule has 19 heavy (non-hydrogen) atoms. The Labute approximate surface area is 114 Å². The topological polar surface area (TPSA) is 50.1 Å². The van der Waals surface area contributed by atoms with Crippen LogP contribution in [0.25, 0.3) is 5.69 Å². The fourth-order valence-corrected chi connectivity index (χ4v) is 1.84. The molecule has 4 heteroatoms. The fourth-order valence-electron chi connectivity index (χ4n) is 1.84. The smallest absolute Gasteiger partial charge is 0.0991 e. The Balaban J connectivity index is 1.92. The molecule has 0 fully saturated rings. The molecule has 2 atom stereocenters. The first-order chi connectivity index (χ1) is 9.20. The summed E-state index contributed by atoms with van der Waals surface area (Å²) in [6.07, 6.45) is 5.49. The highest BCUT2D eigenvalue weighted by Gasteiger charge is 2.09. The van der Waals surface area contributed by atoms with Gasteiger partial charge in [-0.25, -0.2) is 4.98 Å². The number of nitrogens with zero attached hydrogens (tertiary/aromatic N) is 2. The molecule has 0 amide bonds. The molecule has 2 rings (SSSR count). The minimum Gasteiger partial charge on any atom is -0.396 e. The molecule has 2 aromatic rings. The van der Waals surface area contributed by atoms with Crippen molar-refractivity contribution in [2.75, 3.05) is 6.61 Å². The van der Waals surface area contributed by atoms with Crippen molar-refractivity contribution in [3.05, 3.63) is 48.5 Å². The van der Waals surface area contributed by atoms with E-state index in [1.54, 1.807) is 12.5 Å². The van der Waals surface area contributed by atoms with Crippen LogP contribution in [0.4, 0.5) is 0 Å². The fraction of sp³-hybridized carbons (Fsp3) is 0.400. The van der Waals surface area contributed by atoms with Gasteiger partial charge in [0, 0.05) is 37.3 Å². The van der Waals surface area contributed by atoms with Gasteiger partial charge in [0.2, 0.25) is 0 Å². The van der Waals surface area contributed by atoms with E-state index in [0.29, 0.717) is 6.04 Å². The Morgan fingerprint density at radius 1 is 1.26 bits per heavy atom. The first-order valence-corrected chi connectivity index (χ1v) is 6.62. The van der Waals surface area contributed by atoms with Crippen LogP contribution in [0.1, 0.15) is 19.4 Å². The molecule has 0 saturated carbocycles. The zero-order chi connectivity index (χ0) is 13.7. The Kier molecular flexibility index (Phi) is 4.71. The Bertz CT molecular complexity index is 479. The number of nitrogens with one attached hydrogen (secondary N) is 1. The van der Waals surface area contributed by atoms with E-state index in [-0.39, 0.29) is 12.5 Å².